The number of nitrogens with zero attached hydrogens (tertiary/aromatic N) is 3. The normalized spacial score (nSPS) is 16.4. The summed E-state index contributed by atoms with van der Waals surface area (Å²) in [5, 5.41) is 9.96. The Morgan fingerprint density at radius 1 is 1.24 bits per heavy atom. The Morgan fingerprint density at radius 2 is 2.06 bits per heavy atom. The molecule has 3 N–H and O–H groups in total. The molecule has 1 amide bonds. The number of aromatic amines is 2. The van der Waals surface area contributed by atoms with Crippen LogP contribution >= 0.6 is 0 Å². The highest BCUT2D eigenvalue weighted by Gasteiger charge is 2.17. The number of hydrogen-bond donors (Lipinski definition) is 3. The van der Waals surface area contributed by atoms with E-state index in [2.05, 4.69) is 43.4 Å². The minimum absolute atomic E-state index is 0.336. The first-order valence-electron chi connectivity index (χ1n) is 10.9. The number of amides is 1. The quantitative estimate of drug-likeness (QED) is 0.367. The van der Waals surface area contributed by atoms with E-state index in [1.807, 2.05) is 6.07 Å². The largest absolute Gasteiger partial charge is 0.379 e. The molecule has 3 heterocycles. The zero-order valence-electron chi connectivity index (χ0n) is 18.8. The Labute approximate surface area is 197 Å². The molecule has 1 saturated heterocycles. The van der Waals surface area contributed by atoms with E-state index >= 15 is 0 Å². The number of fused-ring (bicyclic) bond motifs is 1. The average Bonchev–Trinajstić information content (AvgIpc) is 3.45. The van der Waals surface area contributed by atoms with E-state index in [4.69, 9.17) is 9.72 Å². The summed E-state index contributed by atoms with van der Waals surface area (Å²) in [7, 11) is -2.42. The van der Waals surface area contributed by atoms with Crippen molar-refractivity contribution >= 4 is 38.0 Å². The second-order valence-electron chi connectivity index (χ2n) is 8.46. The molecule has 5 rings (SSSR count). The van der Waals surface area contributed by atoms with E-state index in [0.29, 0.717) is 27.7 Å². The van der Waals surface area contributed by atoms with E-state index in [9.17, 15) is 9.00 Å². The molecule has 1 aliphatic heterocycles. The van der Waals surface area contributed by atoms with Crippen molar-refractivity contribution in [2.24, 2.45) is 0 Å². The number of imidazole rings is 1. The molecule has 2 aromatic heterocycles. The number of aromatic nitrogens is 4. The van der Waals surface area contributed by atoms with Gasteiger partial charge in [-0.3, -0.25) is 19.0 Å². The van der Waals surface area contributed by atoms with Crippen molar-refractivity contribution in [1.29, 1.82) is 0 Å². The lowest BCUT2D eigenvalue weighted by Gasteiger charge is -2.26. The maximum Gasteiger partial charge on any atom is 0.255 e. The van der Waals surface area contributed by atoms with Crippen molar-refractivity contribution in [2.75, 3.05) is 37.9 Å². The summed E-state index contributed by atoms with van der Waals surface area (Å²) in [6.07, 6.45) is 3.16. The van der Waals surface area contributed by atoms with E-state index in [0.717, 1.165) is 43.9 Å². The van der Waals surface area contributed by atoms with Crippen LogP contribution in [0.3, 0.4) is 0 Å². The van der Waals surface area contributed by atoms with Gasteiger partial charge < -0.3 is 15.0 Å². The molecule has 10 heteroatoms. The number of carbonyl (C=O) groups is 1. The molecule has 0 radical (unpaired) electrons. The summed E-state index contributed by atoms with van der Waals surface area (Å²) in [5.41, 5.74) is 4.30. The van der Waals surface area contributed by atoms with Crippen LogP contribution in [0.5, 0.6) is 0 Å². The van der Waals surface area contributed by atoms with Crippen molar-refractivity contribution in [3.8, 4) is 11.5 Å². The molecule has 176 valence electrons. The third-order valence-electron chi connectivity index (χ3n) is 5.77. The highest BCUT2D eigenvalue weighted by molar-refractivity contribution is 7.99. The molecule has 1 unspecified atom stereocenters. The molecule has 1 atom stereocenters. The van der Waals surface area contributed by atoms with Gasteiger partial charge in [-0.15, -0.1) is 0 Å². The van der Waals surface area contributed by atoms with Gasteiger partial charge in [-0.25, -0.2) is 4.98 Å². The summed E-state index contributed by atoms with van der Waals surface area (Å²) in [6, 6.07) is 12.8. The van der Waals surface area contributed by atoms with Crippen LogP contribution in [-0.4, -0.2) is 73.6 Å². The number of H-pyrrole nitrogens is 2. The third kappa shape index (κ3) is 4.74. The molecule has 0 saturated carbocycles. The molecule has 0 spiro atoms. The van der Waals surface area contributed by atoms with Crippen molar-refractivity contribution in [3.05, 3.63) is 59.8 Å². The van der Waals surface area contributed by atoms with Crippen LogP contribution in [0.4, 0.5) is 5.69 Å². The van der Waals surface area contributed by atoms with Crippen LogP contribution in [0, 0.1) is 0 Å². The minimum Gasteiger partial charge on any atom is -0.379 e. The molecular formula is C24H26N6O3S. The van der Waals surface area contributed by atoms with E-state index in [-0.39, 0.29) is 5.91 Å². The van der Waals surface area contributed by atoms with Gasteiger partial charge in [-0.2, -0.15) is 5.10 Å². The maximum atomic E-state index is 12.9. The number of ether oxygens (including phenoxy) is 1. The van der Waals surface area contributed by atoms with Crippen LogP contribution < -0.4 is 5.32 Å². The Kier molecular flexibility index (Phi) is 5.94. The first kappa shape index (κ1) is 22.3. The van der Waals surface area contributed by atoms with E-state index in [1.165, 1.54) is 5.56 Å². The molecule has 1 aliphatic rings. The summed E-state index contributed by atoms with van der Waals surface area (Å²) in [5.74, 6) is 3.91. The lowest BCUT2D eigenvalue weighted by molar-refractivity contribution is 0.0342. The lowest BCUT2D eigenvalue weighted by atomic mass is 10.2. The van der Waals surface area contributed by atoms with Crippen LogP contribution in [0.1, 0.15) is 15.9 Å². The maximum absolute atomic E-state index is 12.9. The zero-order chi connectivity index (χ0) is 23.7. The van der Waals surface area contributed by atoms with Crippen molar-refractivity contribution in [2.45, 2.75) is 11.4 Å². The predicted molar refractivity (Wildman–Crippen MR) is 134 cm³/mol. The highest BCUT2D eigenvalue weighted by atomic mass is 32.2. The van der Waals surface area contributed by atoms with Gasteiger partial charge in [0.05, 0.1) is 29.9 Å². The van der Waals surface area contributed by atoms with Crippen molar-refractivity contribution in [3.63, 3.8) is 0 Å². The van der Waals surface area contributed by atoms with Crippen molar-refractivity contribution < 1.29 is 13.7 Å². The first-order chi connectivity index (χ1) is 16.4. The smallest absolute Gasteiger partial charge is 0.255 e. The molecule has 34 heavy (non-hydrogen) atoms. The first-order valence-corrected chi connectivity index (χ1v) is 13.1. The van der Waals surface area contributed by atoms with Crippen LogP contribution in [0.15, 0.2) is 53.6 Å². The Hall–Kier alpha value is -3.47. The second kappa shape index (κ2) is 9.05. The standard InChI is InChI=1S/C24H26N6O3S/c1-34(2,32)18-5-3-4-17(13-18)24(31)28-21-14-25-29-22(21)23-26-19-7-6-16(12-20(19)27-23)15-30-8-10-33-11-9-30/h3-7,12-14H,1,8-11,15H2,2H3,(H,25,29)(H,26,27)(H,28,31). The summed E-state index contributed by atoms with van der Waals surface area (Å²) in [6.45, 7) is 4.22. The van der Waals surface area contributed by atoms with E-state index in [1.54, 1.807) is 36.7 Å². The molecular weight excluding hydrogens is 452 g/mol. The Bertz CT molecular complexity index is 1450. The van der Waals surface area contributed by atoms with Gasteiger partial charge in [0.2, 0.25) is 0 Å². The van der Waals surface area contributed by atoms with Crippen LogP contribution in [-0.2, 0) is 20.8 Å². The highest BCUT2D eigenvalue weighted by Crippen LogP contribution is 2.26. The number of anilines is 1. The topological polar surface area (TPSA) is 116 Å². The lowest BCUT2D eigenvalue weighted by Crippen LogP contribution is -2.35. The minimum atomic E-state index is -2.42. The number of nitrogens with one attached hydrogen (secondary N) is 3. The second-order valence-corrected chi connectivity index (χ2v) is 10.9. The number of hydrogen-bond acceptors (Lipinski definition) is 6. The third-order valence-corrected chi connectivity index (χ3v) is 7.02. The molecule has 4 aromatic rings. The number of benzene rings is 2. The van der Waals surface area contributed by atoms with Crippen LogP contribution in [0.2, 0.25) is 0 Å². The molecule has 0 aliphatic carbocycles. The van der Waals surface area contributed by atoms with Gasteiger partial charge in [0.1, 0.15) is 0 Å². The monoisotopic (exact) mass is 478 g/mol. The SMILES string of the molecule is C=S(C)(=O)c1cccc(C(=O)Nc2c[nH]nc2-c2nc3cc(CN4CCOCC4)ccc3[nH]2)c1. The van der Waals surface area contributed by atoms with Gasteiger partial charge >= 0.3 is 0 Å². The summed E-state index contributed by atoms with van der Waals surface area (Å²) in [4.78, 5) is 23.8. The number of carbonyl (C=O) groups excluding carboxylic acids is 1. The predicted octanol–water partition coefficient (Wildman–Crippen LogP) is 2.74. The summed E-state index contributed by atoms with van der Waals surface area (Å²) >= 11 is 0. The average molecular weight is 479 g/mol. The molecule has 2 aromatic carbocycles. The van der Waals surface area contributed by atoms with Gasteiger partial charge in [-0.1, -0.05) is 12.1 Å². The fraction of sp³-hybridized carbons (Fsp3) is 0.250. The van der Waals surface area contributed by atoms with Gasteiger partial charge in [-0.05, 0) is 51.3 Å². The zero-order valence-corrected chi connectivity index (χ0v) is 19.7. The molecule has 1 fully saturated rings. The molecule has 9 nitrogen and oxygen atoms in total. The van der Waals surface area contributed by atoms with Gasteiger partial charge in [0, 0.05) is 42.5 Å². The van der Waals surface area contributed by atoms with Crippen LogP contribution in [0.25, 0.3) is 22.6 Å². The van der Waals surface area contributed by atoms with Gasteiger partial charge in [0.25, 0.3) is 5.91 Å². The fourth-order valence-electron chi connectivity index (χ4n) is 3.95. The fourth-order valence-corrected chi connectivity index (χ4v) is 4.69. The van der Waals surface area contributed by atoms with E-state index < -0.39 is 9.52 Å². The Balaban J connectivity index is 1.37. The van der Waals surface area contributed by atoms with Crippen molar-refractivity contribution in [1.82, 2.24) is 25.1 Å². The van der Waals surface area contributed by atoms with Gasteiger partial charge in [0.15, 0.2) is 11.5 Å². The Morgan fingerprint density at radius 3 is 2.85 bits per heavy atom. The number of morpholine rings is 1. The molecule has 0 bridgehead atoms. The summed E-state index contributed by atoms with van der Waals surface area (Å²) < 4.78 is 17.7. The number of rotatable bonds is 6.